The first-order valence-corrected chi connectivity index (χ1v) is 12.6. The number of unbranched alkanes of at least 4 members (excludes halogenated alkanes) is 1. The molecule has 6 heteroatoms. The summed E-state index contributed by atoms with van der Waals surface area (Å²) < 4.78 is 0. The van der Waals surface area contributed by atoms with Gasteiger partial charge in [0, 0.05) is 30.4 Å². The lowest BCUT2D eigenvalue weighted by atomic mass is 9.71. The Morgan fingerprint density at radius 3 is 2.43 bits per heavy atom. The molecule has 0 aliphatic carbocycles. The number of amides is 2. The molecule has 3 aromatic carbocycles. The van der Waals surface area contributed by atoms with Gasteiger partial charge in [0.1, 0.15) is 5.41 Å². The number of nitriles is 1. The van der Waals surface area contributed by atoms with Gasteiger partial charge < -0.3 is 4.90 Å². The molecule has 184 valence electrons. The fourth-order valence-corrected chi connectivity index (χ4v) is 5.16. The van der Waals surface area contributed by atoms with E-state index in [9.17, 15) is 14.9 Å². The number of hydrogen-bond donors (Lipinski definition) is 0. The molecule has 5 rings (SSSR count). The minimum absolute atomic E-state index is 0.146. The lowest BCUT2D eigenvalue weighted by Gasteiger charge is -2.28. The van der Waals surface area contributed by atoms with Gasteiger partial charge in [0.05, 0.1) is 17.4 Å². The smallest absolute Gasteiger partial charge is 0.278 e. The minimum Gasteiger partial charge on any atom is -0.311 e. The lowest BCUT2D eigenvalue weighted by molar-refractivity contribution is -0.121. The first-order chi connectivity index (χ1) is 18.0. The number of aryl methyl sites for hydroxylation is 1. The molecular weight excluding hydrogens is 460 g/mol. The Kier molecular flexibility index (Phi) is 6.45. The third kappa shape index (κ3) is 4.13. The van der Waals surface area contributed by atoms with E-state index in [1.165, 1.54) is 11.2 Å². The maximum atomic E-state index is 14.4. The van der Waals surface area contributed by atoms with Crippen LogP contribution in [0.2, 0.25) is 0 Å². The molecule has 0 radical (unpaired) electrons. The number of carbonyl (C=O) groups excluding carboxylic acids is 2. The zero-order valence-corrected chi connectivity index (χ0v) is 21.0. The Balaban J connectivity index is 1.75. The molecule has 0 aromatic heterocycles. The van der Waals surface area contributed by atoms with Crippen molar-refractivity contribution in [2.45, 2.75) is 38.5 Å². The Morgan fingerprint density at radius 2 is 1.76 bits per heavy atom. The predicted molar refractivity (Wildman–Crippen MR) is 144 cm³/mol. The summed E-state index contributed by atoms with van der Waals surface area (Å²) in [6.45, 7) is 4.64. The van der Waals surface area contributed by atoms with Gasteiger partial charge in [-0.25, -0.2) is 5.01 Å². The number of fused-ring (bicyclic) bond motifs is 2. The number of carbonyl (C=O) groups is 2. The van der Waals surface area contributed by atoms with Crippen LogP contribution in [0.15, 0.2) is 95.7 Å². The fraction of sp³-hybridized carbons (Fsp3) is 0.226. The van der Waals surface area contributed by atoms with Gasteiger partial charge in [-0.05, 0) is 42.7 Å². The second-order valence-electron chi connectivity index (χ2n) is 9.50. The second kappa shape index (κ2) is 9.87. The van der Waals surface area contributed by atoms with Crippen molar-refractivity contribution in [1.29, 1.82) is 5.26 Å². The van der Waals surface area contributed by atoms with Gasteiger partial charge in [-0.3, -0.25) is 9.59 Å². The van der Waals surface area contributed by atoms with E-state index in [0.717, 1.165) is 35.2 Å². The van der Waals surface area contributed by atoms with Gasteiger partial charge in [0.25, 0.3) is 5.91 Å². The van der Waals surface area contributed by atoms with Crippen LogP contribution < -0.4 is 4.90 Å². The number of anilines is 1. The molecule has 2 heterocycles. The van der Waals surface area contributed by atoms with Crippen LogP contribution in [0.5, 0.6) is 0 Å². The van der Waals surface area contributed by atoms with E-state index in [4.69, 9.17) is 5.10 Å². The van der Waals surface area contributed by atoms with Gasteiger partial charge in [-0.15, -0.1) is 0 Å². The van der Waals surface area contributed by atoms with Crippen molar-refractivity contribution in [2.75, 3.05) is 11.4 Å². The van der Waals surface area contributed by atoms with E-state index < -0.39 is 5.41 Å². The highest BCUT2D eigenvalue weighted by atomic mass is 16.2. The SMILES string of the molecule is CCCCN1C(=O)C2(CC(c3ccccc3)=NN(C(=O)c3ccccc3)C=C2C#N)c2cc(C)ccc21. The monoisotopic (exact) mass is 488 g/mol. The van der Waals surface area contributed by atoms with E-state index in [1.807, 2.05) is 61.5 Å². The van der Waals surface area contributed by atoms with Gasteiger partial charge in [-0.1, -0.05) is 79.6 Å². The zero-order chi connectivity index (χ0) is 26.0. The summed E-state index contributed by atoms with van der Waals surface area (Å²) in [6.07, 6.45) is 3.42. The first kappa shape index (κ1) is 24.2. The topological polar surface area (TPSA) is 76.8 Å². The highest BCUT2D eigenvalue weighted by Gasteiger charge is 2.55. The van der Waals surface area contributed by atoms with Crippen LogP contribution in [0.3, 0.4) is 0 Å². The largest absolute Gasteiger partial charge is 0.311 e. The van der Waals surface area contributed by atoms with Crippen molar-refractivity contribution in [1.82, 2.24) is 5.01 Å². The van der Waals surface area contributed by atoms with Crippen molar-refractivity contribution in [3.63, 3.8) is 0 Å². The van der Waals surface area contributed by atoms with E-state index in [2.05, 4.69) is 13.0 Å². The van der Waals surface area contributed by atoms with Crippen LogP contribution in [0.25, 0.3) is 0 Å². The van der Waals surface area contributed by atoms with Gasteiger partial charge in [0.15, 0.2) is 0 Å². The van der Waals surface area contributed by atoms with Crippen molar-refractivity contribution in [2.24, 2.45) is 5.10 Å². The molecule has 0 N–H and O–H groups in total. The lowest BCUT2D eigenvalue weighted by Crippen LogP contribution is -2.43. The highest BCUT2D eigenvalue weighted by Crippen LogP contribution is 2.50. The molecule has 2 aliphatic rings. The van der Waals surface area contributed by atoms with Crippen LogP contribution in [0.1, 0.15) is 53.2 Å². The van der Waals surface area contributed by atoms with Gasteiger partial charge in [-0.2, -0.15) is 10.4 Å². The summed E-state index contributed by atoms with van der Waals surface area (Å²) in [5.41, 5.74) is 3.37. The third-order valence-corrected chi connectivity index (χ3v) is 7.08. The maximum Gasteiger partial charge on any atom is 0.278 e. The average molecular weight is 489 g/mol. The highest BCUT2D eigenvalue weighted by molar-refractivity contribution is 6.16. The van der Waals surface area contributed by atoms with Crippen LogP contribution in [-0.4, -0.2) is 29.1 Å². The normalized spacial score (nSPS) is 18.7. The molecule has 6 nitrogen and oxygen atoms in total. The molecule has 1 atom stereocenters. The molecule has 2 amide bonds. The number of nitrogens with zero attached hydrogens (tertiary/aromatic N) is 4. The Morgan fingerprint density at radius 1 is 1.05 bits per heavy atom. The van der Waals surface area contributed by atoms with Gasteiger partial charge >= 0.3 is 0 Å². The van der Waals surface area contributed by atoms with Crippen LogP contribution in [0, 0.1) is 18.3 Å². The van der Waals surface area contributed by atoms with Crippen molar-refractivity contribution in [3.8, 4) is 6.07 Å². The van der Waals surface area contributed by atoms with E-state index >= 15 is 0 Å². The van der Waals surface area contributed by atoms with Crippen molar-refractivity contribution < 1.29 is 9.59 Å². The van der Waals surface area contributed by atoms with Crippen LogP contribution >= 0.6 is 0 Å². The molecule has 37 heavy (non-hydrogen) atoms. The van der Waals surface area contributed by atoms with Crippen LogP contribution in [-0.2, 0) is 10.2 Å². The van der Waals surface area contributed by atoms with Crippen molar-refractivity contribution in [3.05, 3.63) is 113 Å². The molecule has 1 unspecified atom stereocenters. The molecule has 2 aliphatic heterocycles. The summed E-state index contributed by atoms with van der Waals surface area (Å²) >= 11 is 0. The molecule has 0 fully saturated rings. The number of hydrogen-bond acceptors (Lipinski definition) is 4. The first-order valence-electron chi connectivity index (χ1n) is 12.6. The van der Waals surface area contributed by atoms with Crippen molar-refractivity contribution >= 4 is 23.2 Å². The minimum atomic E-state index is -1.27. The Labute approximate surface area is 217 Å². The zero-order valence-electron chi connectivity index (χ0n) is 21.0. The van der Waals surface area contributed by atoms with E-state index in [-0.39, 0.29) is 23.8 Å². The summed E-state index contributed by atoms with van der Waals surface area (Å²) in [7, 11) is 0. The summed E-state index contributed by atoms with van der Waals surface area (Å²) in [5.74, 6) is -0.511. The molecule has 0 saturated heterocycles. The number of rotatable bonds is 5. The number of hydrazone groups is 1. The third-order valence-electron chi connectivity index (χ3n) is 7.08. The Bertz CT molecular complexity index is 1450. The van der Waals surface area contributed by atoms with E-state index in [0.29, 0.717) is 17.8 Å². The fourth-order valence-electron chi connectivity index (χ4n) is 5.16. The summed E-state index contributed by atoms with van der Waals surface area (Å²) in [4.78, 5) is 29.7. The quantitative estimate of drug-likeness (QED) is 0.460. The molecule has 3 aromatic rings. The summed E-state index contributed by atoms with van der Waals surface area (Å²) in [5, 5.41) is 16.4. The van der Waals surface area contributed by atoms with Crippen LogP contribution in [0.4, 0.5) is 5.69 Å². The predicted octanol–water partition coefficient (Wildman–Crippen LogP) is 5.74. The maximum absolute atomic E-state index is 14.4. The molecular formula is C31H28N4O2. The average Bonchev–Trinajstić information content (AvgIpc) is 3.05. The van der Waals surface area contributed by atoms with E-state index in [1.54, 1.807) is 29.2 Å². The molecule has 1 spiro atoms. The summed E-state index contributed by atoms with van der Waals surface area (Å²) in [6, 6.07) is 26.7. The molecule has 0 bridgehead atoms. The second-order valence-corrected chi connectivity index (χ2v) is 9.50. The Hall–Kier alpha value is -4.50. The molecule has 0 saturated carbocycles. The van der Waals surface area contributed by atoms with Gasteiger partial charge in [0.2, 0.25) is 5.91 Å². The number of benzene rings is 3. The standard InChI is InChI=1S/C31H28N4O2/c1-3-4-17-34-28-16-15-22(2)18-26(28)31(30(34)37)19-27(23-11-7-5-8-12-23)33-35(21-25(31)20-32)29(36)24-13-9-6-10-14-24/h5-16,18,21H,3-4,17,19H2,1-2H3.